The monoisotopic (exact) mass is 1990 g/mol. The Bertz CT molecular complexity index is 7750. The van der Waals surface area contributed by atoms with Crippen molar-refractivity contribution in [3.05, 3.63) is 370 Å². The maximum atomic E-state index is 9.29. The van der Waals surface area contributed by atoms with Crippen LogP contribution < -0.4 is 80.9 Å². The smallest absolute Gasteiger partial charge is 0.161 e. The Hall–Kier alpha value is -19.1. The second-order valence-electron chi connectivity index (χ2n) is 33.2. The van der Waals surface area contributed by atoms with Crippen molar-refractivity contribution in [2.45, 2.75) is 34.1 Å². The highest BCUT2D eigenvalue weighted by atomic mass is 16.5. The molecule has 12 aromatic carbocycles. The number of allylic oxidation sites excluding steroid dienone is 6. The van der Waals surface area contributed by atoms with Crippen LogP contribution in [0.15, 0.2) is 298 Å². The Kier molecular flexibility index (Phi) is 38.4. The minimum absolute atomic E-state index is 0.538. The van der Waals surface area contributed by atoms with E-state index in [1.807, 2.05) is 278 Å². The van der Waals surface area contributed by atoms with Gasteiger partial charge >= 0.3 is 0 Å². The molecule has 752 valence electrons. The molecule has 0 N–H and O–H groups in total. The van der Waals surface area contributed by atoms with E-state index in [0.29, 0.717) is 115 Å². The summed E-state index contributed by atoms with van der Waals surface area (Å²) in [5, 5.41) is 57.6. The first-order valence-corrected chi connectivity index (χ1v) is 47.9. The van der Waals surface area contributed by atoms with Crippen molar-refractivity contribution in [2.75, 3.05) is 140 Å². The number of rotatable bonds is 28. The van der Waals surface area contributed by atoms with E-state index in [1.54, 1.807) is 112 Å². The first-order valence-electron chi connectivity index (χ1n) is 47.9. The van der Waals surface area contributed by atoms with Crippen LogP contribution in [0, 0.1) is 68.0 Å². The van der Waals surface area contributed by atoms with Gasteiger partial charge in [0.05, 0.1) is 179 Å². The van der Waals surface area contributed by atoms with Crippen LogP contribution in [0.4, 0.5) is 11.4 Å². The highest BCUT2D eigenvalue weighted by Crippen LogP contribution is 2.44. The van der Waals surface area contributed by atoms with Gasteiger partial charge in [-0.05, 0) is 291 Å². The predicted molar refractivity (Wildman–Crippen MR) is 582 cm³/mol. The molecule has 15 aromatic rings. The van der Waals surface area contributed by atoms with E-state index in [4.69, 9.17) is 71.1 Å². The van der Waals surface area contributed by atoms with Crippen molar-refractivity contribution in [1.82, 2.24) is 19.5 Å². The van der Waals surface area contributed by atoms with Gasteiger partial charge in [0.2, 0.25) is 0 Å². The lowest BCUT2D eigenvalue weighted by molar-refractivity contribution is 0.311. The fourth-order valence-corrected chi connectivity index (χ4v) is 17.0. The number of nitriles is 6. The van der Waals surface area contributed by atoms with Crippen LogP contribution >= 0.6 is 0 Å². The average Bonchev–Trinajstić information content (AvgIpc) is 1.48. The van der Waals surface area contributed by atoms with Gasteiger partial charge in [0, 0.05) is 99.3 Å². The van der Waals surface area contributed by atoms with Crippen LogP contribution in [0.2, 0.25) is 0 Å². The number of likely N-dealkylation sites (N-methyl/N-ethyl adjacent to an activating group) is 2. The van der Waals surface area contributed by atoms with E-state index in [0.717, 1.165) is 181 Å². The second-order valence-corrected chi connectivity index (χ2v) is 33.2. The summed E-state index contributed by atoms with van der Waals surface area (Å²) in [6, 6.07) is 90.5. The fourth-order valence-electron chi connectivity index (χ4n) is 17.0. The van der Waals surface area contributed by atoms with E-state index >= 15 is 0 Å². The van der Waals surface area contributed by atoms with Crippen molar-refractivity contribution in [1.29, 1.82) is 31.6 Å². The molecule has 18 rings (SSSR count). The van der Waals surface area contributed by atoms with Crippen molar-refractivity contribution in [2.24, 2.45) is 7.05 Å². The Morgan fingerprint density at radius 1 is 0.295 bits per heavy atom. The first-order chi connectivity index (χ1) is 72.8. The van der Waals surface area contributed by atoms with Gasteiger partial charge in [-0.15, -0.1) is 0 Å². The first kappa shape index (κ1) is 107. The van der Waals surface area contributed by atoms with E-state index in [9.17, 15) is 31.6 Å². The lowest BCUT2D eigenvalue weighted by atomic mass is 9.95. The third-order valence-corrected chi connectivity index (χ3v) is 24.3. The molecular weight excluding hydrogens is 1870 g/mol. The second kappa shape index (κ2) is 53.3. The summed E-state index contributed by atoms with van der Waals surface area (Å²) in [5.74, 6) is 10.6. The van der Waals surface area contributed by atoms with Crippen LogP contribution in [0.25, 0.3) is 66.3 Å². The molecule has 0 saturated carbocycles. The summed E-state index contributed by atoms with van der Waals surface area (Å²) < 4.78 is 84.5. The number of hydrogen-bond donors (Lipinski definition) is 0. The minimum atomic E-state index is 0.538. The molecule has 6 heterocycles. The Morgan fingerprint density at radius 3 is 0.953 bits per heavy atom. The highest BCUT2D eigenvalue weighted by molar-refractivity contribution is 5.93. The molecule has 3 aliphatic rings. The van der Waals surface area contributed by atoms with Crippen molar-refractivity contribution in [3.8, 4) is 123 Å². The number of nitrogens with zero attached hydrogens (tertiary/aromatic N) is 12. The zero-order chi connectivity index (χ0) is 106. The number of aryl methyl sites for hydroxylation is 1. The topological polar surface area (TPSA) is 331 Å². The summed E-state index contributed by atoms with van der Waals surface area (Å²) in [5.41, 5.74) is 22.9. The molecular formula is C122H114N12O15. The third kappa shape index (κ3) is 26.9. The van der Waals surface area contributed by atoms with Gasteiger partial charge in [0.25, 0.3) is 0 Å². The lowest BCUT2D eigenvalue weighted by Crippen LogP contribution is -2.28. The summed E-state index contributed by atoms with van der Waals surface area (Å²) in [7, 11) is 18.9. The summed E-state index contributed by atoms with van der Waals surface area (Å²) in [4.78, 5) is 17.4. The SMILES string of the molecule is CCOc1cc(C(=CC#N)c2ccc3c(c2)CCO3)ccc1OC.CCOc1cc(C(=CC#N)c2ccc3c(c2)OCCN3C)ccc1OC.CCOc1cc(C(=CC#N)c2ccc3c(c2)ncn3C)ccc1OC.CCOc1cc(C(=CC#N)c2ccc3ncccc3c2)ccc1OC.COc1cc(OC)cc(C(=CC#N)c2ccc3c(c2)OCCN3C)c1.COc1cc(OC)cc(C(=CC#N)c2ccc3ncccc3c2)c1. The number of pyridine rings is 2. The summed E-state index contributed by atoms with van der Waals surface area (Å²) in [6.07, 6.45) is 15.5. The van der Waals surface area contributed by atoms with Crippen LogP contribution in [0.1, 0.15) is 100 Å². The van der Waals surface area contributed by atoms with Crippen LogP contribution in [-0.4, -0.2) is 150 Å². The van der Waals surface area contributed by atoms with E-state index in [2.05, 4.69) is 67.2 Å². The van der Waals surface area contributed by atoms with Crippen LogP contribution in [0.5, 0.6) is 86.2 Å². The molecule has 0 amide bonds. The highest BCUT2D eigenvalue weighted by Gasteiger charge is 2.24. The molecule has 3 aliphatic heterocycles. The van der Waals surface area contributed by atoms with E-state index in [-0.39, 0.29) is 0 Å². The van der Waals surface area contributed by atoms with Gasteiger partial charge in [-0.3, -0.25) is 9.97 Å². The quantitative estimate of drug-likeness (QED) is 0.0411. The number of ether oxygens (including phenoxy) is 15. The molecule has 149 heavy (non-hydrogen) atoms. The molecule has 0 saturated heterocycles. The molecule has 0 atom stereocenters. The van der Waals surface area contributed by atoms with Gasteiger partial charge in [0.1, 0.15) is 53.5 Å². The maximum Gasteiger partial charge on any atom is 0.161 e. The molecule has 3 aromatic heterocycles. The van der Waals surface area contributed by atoms with Crippen LogP contribution in [-0.2, 0) is 13.5 Å². The van der Waals surface area contributed by atoms with Gasteiger partial charge in [-0.1, -0.05) is 72.8 Å². The van der Waals surface area contributed by atoms with E-state index in [1.165, 1.54) is 17.7 Å². The molecule has 27 nitrogen and oxygen atoms in total. The van der Waals surface area contributed by atoms with Gasteiger partial charge in [0.15, 0.2) is 46.0 Å². The van der Waals surface area contributed by atoms with Crippen molar-refractivity contribution >= 4 is 77.7 Å². The Morgan fingerprint density at radius 2 is 0.604 bits per heavy atom. The molecule has 0 unspecified atom stereocenters. The Labute approximate surface area is 868 Å². The Balaban J connectivity index is 0.000000149. The normalized spacial score (nSPS) is 12.3. The van der Waals surface area contributed by atoms with Crippen molar-refractivity contribution in [3.63, 3.8) is 0 Å². The molecule has 27 heteroatoms. The number of imidazole rings is 1. The summed E-state index contributed by atoms with van der Waals surface area (Å²) in [6.45, 7) is 13.6. The van der Waals surface area contributed by atoms with Gasteiger partial charge in [-0.25, -0.2) is 4.98 Å². The lowest BCUT2D eigenvalue weighted by Gasteiger charge is -2.28. The third-order valence-electron chi connectivity index (χ3n) is 24.3. The largest absolute Gasteiger partial charge is 0.497 e. The van der Waals surface area contributed by atoms with Gasteiger partial charge in [-0.2, -0.15) is 31.6 Å². The number of methoxy groups -OCH3 is 8. The predicted octanol–water partition coefficient (Wildman–Crippen LogP) is 24.1. The molecule has 0 fully saturated rings. The maximum absolute atomic E-state index is 9.29. The van der Waals surface area contributed by atoms with Gasteiger partial charge < -0.3 is 85.4 Å². The van der Waals surface area contributed by atoms with Crippen LogP contribution in [0.3, 0.4) is 0 Å². The number of hydrogen-bond acceptors (Lipinski definition) is 26. The standard InChI is InChI=1S/C21H22N2O3.C21H18N2O2.C20H19N3O2.C20H20N2O3.C20H16N2O2.C20H19NO3/c1-4-25-21-14-16(6-8-19(21)24-3)17(9-10-22)15-5-7-18-20(13-15)26-12-11-23(18)2;1-3-25-21-14-16(7-9-20(21)24-2)18(10-11-22)15-6-8-19-17(13-15)5-4-12-23-19;1-4-25-20-12-15(6-8-19(20)24-3)16(9-10-21)14-5-7-18-17(11-14)22-13-23(18)2;1-22-8-9-25-20-12-14(4-5-19(20)22)18(6-7-21)15-10-16(23-2)13-17(11-15)24-3;1-23-17-11-16(12-18(13-17)24-2)19(7-8-21)14-5-6-20-15(10-14)4-3-9-22-20;1-3-23-20-13-15(5-7-19(20)22-2)17(8-10-21)14-4-6-18-16(12-14)9-11-24-18/h5-9,13-14H,4,11-12H2,1-3H3;4-10,12-14H,3H2,1-2H3;5-9,11-13H,4H2,1-3H3;4-6,10-13H,8-9H2,1-3H3;3-7,9-13H,1-2H3;4-8,12-13H,3,9,11H2,1-2H3. The van der Waals surface area contributed by atoms with E-state index < -0.39 is 0 Å². The number of benzene rings is 12. The molecule has 0 radical (unpaired) electrons. The van der Waals surface area contributed by atoms with Crippen molar-refractivity contribution < 1.29 is 71.1 Å². The average molecular weight is 1990 g/mol. The number of fused-ring (bicyclic) bond motifs is 6. The molecule has 0 aliphatic carbocycles. The zero-order valence-corrected chi connectivity index (χ0v) is 85.9. The molecule has 0 bridgehead atoms. The number of aromatic nitrogens is 4. The summed E-state index contributed by atoms with van der Waals surface area (Å²) >= 11 is 0. The molecule has 0 spiro atoms. The number of anilines is 2. The zero-order valence-electron chi connectivity index (χ0n) is 85.9. The minimum Gasteiger partial charge on any atom is -0.497 e. The fraction of sp³-hybridized carbons (Fsp3) is 0.205.